The Balaban J connectivity index is 1.86. The molecule has 0 unspecified atom stereocenters. The Kier molecular flexibility index (Phi) is 3.69. The number of anilines is 1. The number of benzene rings is 1. The van der Waals surface area contributed by atoms with Gasteiger partial charge in [-0.1, -0.05) is 12.1 Å². The van der Waals surface area contributed by atoms with Crippen LogP contribution in [-0.4, -0.2) is 29.1 Å². The van der Waals surface area contributed by atoms with E-state index >= 15 is 0 Å². The summed E-state index contributed by atoms with van der Waals surface area (Å²) in [6, 6.07) is 8.15. The molecule has 0 spiro atoms. The number of rotatable bonds is 3. The summed E-state index contributed by atoms with van der Waals surface area (Å²) in [6.45, 7) is 4.25. The van der Waals surface area contributed by atoms with Gasteiger partial charge in [0, 0.05) is 22.1 Å². The summed E-state index contributed by atoms with van der Waals surface area (Å²) in [4.78, 5) is 27.3. The van der Waals surface area contributed by atoms with Crippen LogP contribution in [0.4, 0.5) is 5.69 Å². The maximum atomic E-state index is 12.6. The van der Waals surface area contributed by atoms with Gasteiger partial charge in [-0.3, -0.25) is 9.59 Å². The predicted molar refractivity (Wildman–Crippen MR) is 84.5 cm³/mol. The summed E-state index contributed by atoms with van der Waals surface area (Å²) in [5, 5.41) is 2.95. The average Bonchev–Trinajstić information content (AvgIpc) is 3.19. The number of para-hydroxylation sites is 1. The summed E-state index contributed by atoms with van der Waals surface area (Å²) in [7, 11) is 0. The van der Waals surface area contributed by atoms with Crippen LogP contribution in [0.3, 0.4) is 0 Å². The smallest absolute Gasteiger partial charge is 0.240 e. The Hall–Kier alpha value is -1.49. The second-order valence-electron chi connectivity index (χ2n) is 6.33. The first-order valence-electron chi connectivity index (χ1n) is 7.32. The monoisotopic (exact) mass is 304 g/mol. The van der Waals surface area contributed by atoms with Crippen molar-refractivity contribution in [3.8, 4) is 0 Å². The van der Waals surface area contributed by atoms with Gasteiger partial charge in [0.05, 0.1) is 5.69 Å². The van der Waals surface area contributed by atoms with Gasteiger partial charge in [-0.25, -0.2) is 0 Å². The molecule has 0 bridgehead atoms. The molecule has 1 fully saturated rings. The van der Waals surface area contributed by atoms with Crippen molar-refractivity contribution in [3.05, 3.63) is 24.3 Å². The second-order valence-corrected chi connectivity index (χ2v) is 8.08. The van der Waals surface area contributed by atoms with Crippen LogP contribution >= 0.6 is 11.8 Å². The molecule has 1 aliphatic carbocycles. The topological polar surface area (TPSA) is 49.4 Å². The second kappa shape index (κ2) is 5.37. The van der Waals surface area contributed by atoms with Gasteiger partial charge in [0.2, 0.25) is 11.8 Å². The molecule has 112 valence electrons. The van der Waals surface area contributed by atoms with Gasteiger partial charge in [-0.05, 0) is 38.8 Å². The molecular weight excluding hydrogens is 284 g/mol. The fourth-order valence-corrected chi connectivity index (χ4v) is 3.73. The van der Waals surface area contributed by atoms with Crippen LogP contribution in [0, 0.1) is 0 Å². The van der Waals surface area contributed by atoms with E-state index in [0.717, 1.165) is 23.4 Å². The maximum absolute atomic E-state index is 12.6. The van der Waals surface area contributed by atoms with Crippen LogP contribution in [0.2, 0.25) is 0 Å². The first-order chi connectivity index (χ1) is 9.94. The average molecular weight is 304 g/mol. The number of carbonyl (C=O) groups is 2. The molecule has 4 nitrogen and oxygen atoms in total. The van der Waals surface area contributed by atoms with Crippen molar-refractivity contribution in [2.45, 2.75) is 48.8 Å². The minimum atomic E-state index is -0.158. The zero-order valence-corrected chi connectivity index (χ0v) is 13.2. The Bertz CT molecular complexity index is 581. The minimum absolute atomic E-state index is 0.0170. The fraction of sp³-hybridized carbons (Fsp3) is 0.500. The van der Waals surface area contributed by atoms with E-state index in [0.29, 0.717) is 12.5 Å². The van der Waals surface area contributed by atoms with E-state index in [4.69, 9.17) is 0 Å². The Morgan fingerprint density at radius 3 is 2.81 bits per heavy atom. The van der Waals surface area contributed by atoms with Crippen molar-refractivity contribution in [2.75, 3.05) is 11.4 Å². The van der Waals surface area contributed by atoms with Gasteiger partial charge in [0.15, 0.2) is 0 Å². The van der Waals surface area contributed by atoms with Gasteiger partial charge in [0.1, 0.15) is 6.54 Å². The number of hydrogen-bond donors (Lipinski definition) is 1. The third-order valence-electron chi connectivity index (χ3n) is 3.66. The third-order valence-corrected chi connectivity index (χ3v) is 4.93. The predicted octanol–water partition coefficient (Wildman–Crippen LogP) is 2.57. The number of amides is 2. The minimum Gasteiger partial charge on any atom is -0.352 e. The van der Waals surface area contributed by atoms with Crippen LogP contribution in [-0.2, 0) is 9.59 Å². The molecule has 1 aromatic rings. The third kappa shape index (κ3) is 3.40. The molecule has 5 heteroatoms. The van der Waals surface area contributed by atoms with Crippen molar-refractivity contribution < 1.29 is 9.59 Å². The van der Waals surface area contributed by atoms with E-state index in [1.807, 2.05) is 24.3 Å². The Morgan fingerprint density at radius 1 is 1.38 bits per heavy atom. The molecule has 1 N–H and O–H groups in total. The number of hydrogen-bond acceptors (Lipinski definition) is 3. The molecule has 1 aliphatic heterocycles. The van der Waals surface area contributed by atoms with E-state index in [2.05, 4.69) is 19.2 Å². The standard InChI is InChI=1S/C16H20N2O2S/c1-16(2)9-15(20)18(10-14(19)17-11-7-8-11)12-5-3-4-6-13(12)21-16/h3-6,11H,7-10H2,1-2H3,(H,17,19). The molecule has 0 radical (unpaired) electrons. The van der Waals surface area contributed by atoms with Gasteiger partial charge in [-0.2, -0.15) is 0 Å². The molecule has 0 aromatic heterocycles. The van der Waals surface area contributed by atoms with Crippen LogP contribution < -0.4 is 10.2 Å². The summed E-state index contributed by atoms with van der Waals surface area (Å²) in [5.41, 5.74) is 0.851. The summed E-state index contributed by atoms with van der Waals surface area (Å²) < 4.78 is -0.158. The van der Waals surface area contributed by atoms with Crippen LogP contribution in [0.5, 0.6) is 0 Å². The highest BCUT2D eigenvalue weighted by molar-refractivity contribution is 8.00. The maximum Gasteiger partial charge on any atom is 0.240 e. The molecule has 1 aromatic carbocycles. The molecule has 2 amide bonds. The highest BCUT2D eigenvalue weighted by Crippen LogP contribution is 2.43. The lowest BCUT2D eigenvalue weighted by Gasteiger charge is -2.22. The number of thioether (sulfide) groups is 1. The van der Waals surface area contributed by atoms with Crippen molar-refractivity contribution in [2.24, 2.45) is 0 Å². The number of fused-ring (bicyclic) bond motifs is 1. The SMILES string of the molecule is CC1(C)CC(=O)N(CC(=O)NC2CC2)c2ccccc2S1. The zero-order chi connectivity index (χ0) is 15.0. The Labute approximate surface area is 129 Å². The lowest BCUT2D eigenvalue weighted by molar-refractivity contribution is -0.124. The van der Waals surface area contributed by atoms with E-state index in [-0.39, 0.29) is 23.1 Å². The lowest BCUT2D eigenvalue weighted by Crippen LogP contribution is -2.42. The lowest BCUT2D eigenvalue weighted by atomic mass is 10.1. The van der Waals surface area contributed by atoms with Crippen molar-refractivity contribution in [3.63, 3.8) is 0 Å². The van der Waals surface area contributed by atoms with Gasteiger partial charge < -0.3 is 10.2 Å². The van der Waals surface area contributed by atoms with Crippen molar-refractivity contribution in [1.29, 1.82) is 0 Å². The molecule has 2 aliphatic rings. The van der Waals surface area contributed by atoms with Gasteiger partial charge in [-0.15, -0.1) is 11.8 Å². The van der Waals surface area contributed by atoms with Gasteiger partial charge in [0.25, 0.3) is 0 Å². The molecular formula is C16H20N2O2S. The van der Waals surface area contributed by atoms with Crippen LogP contribution in [0.15, 0.2) is 29.2 Å². The first-order valence-corrected chi connectivity index (χ1v) is 8.14. The van der Waals surface area contributed by atoms with E-state index in [1.165, 1.54) is 0 Å². The highest BCUT2D eigenvalue weighted by atomic mass is 32.2. The van der Waals surface area contributed by atoms with Crippen molar-refractivity contribution >= 4 is 29.3 Å². The van der Waals surface area contributed by atoms with Crippen LogP contribution in [0.1, 0.15) is 33.1 Å². The van der Waals surface area contributed by atoms with Crippen molar-refractivity contribution in [1.82, 2.24) is 5.32 Å². The quantitative estimate of drug-likeness (QED) is 0.933. The first kappa shape index (κ1) is 14.4. The van der Waals surface area contributed by atoms with E-state index in [9.17, 15) is 9.59 Å². The van der Waals surface area contributed by atoms with E-state index in [1.54, 1.807) is 16.7 Å². The van der Waals surface area contributed by atoms with Gasteiger partial charge >= 0.3 is 0 Å². The zero-order valence-electron chi connectivity index (χ0n) is 12.4. The number of nitrogens with one attached hydrogen (secondary N) is 1. The fourth-order valence-electron chi connectivity index (χ4n) is 2.51. The molecule has 1 saturated carbocycles. The molecule has 3 rings (SSSR count). The Morgan fingerprint density at radius 2 is 2.10 bits per heavy atom. The van der Waals surface area contributed by atoms with E-state index < -0.39 is 0 Å². The molecule has 1 heterocycles. The summed E-state index contributed by atoms with van der Waals surface area (Å²) in [6.07, 6.45) is 2.54. The number of carbonyl (C=O) groups excluding carboxylic acids is 2. The van der Waals surface area contributed by atoms with Crippen LogP contribution in [0.25, 0.3) is 0 Å². The number of nitrogens with zero attached hydrogens (tertiary/aromatic N) is 1. The molecule has 0 atom stereocenters. The largest absolute Gasteiger partial charge is 0.352 e. The highest BCUT2D eigenvalue weighted by Gasteiger charge is 2.34. The normalized spacial score (nSPS) is 20.7. The summed E-state index contributed by atoms with van der Waals surface area (Å²) in [5.74, 6) is -0.0474. The summed E-state index contributed by atoms with van der Waals surface area (Å²) >= 11 is 1.70. The molecule has 0 saturated heterocycles. The molecule has 21 heavy (non-hydrogen) atoms.